The van der Waals surface area contributed by atoms with Crippen molar-refractivity contribution in [1.82, 2.24) is 4.90 Å². The van der Waals surface area contributed by atoms with Crippen molar-refractivity contribution in [3.63, 3.8) is 0 Å². The number of piperidine rings is 1. The Balaban J connectivity index is 1.91. The van der Waals surface area contributed by atoms with Crippen molar-refractivity contribution in [1.29, 1.82) is 0 Å². The highest BCUT2D eigenvalue weighted by Crippen LogP contribution is 2.22. The van der Waals surface area contributed by atoms with Crippen molar-refractivity contribution >= 4 is 17.7 Å². The number of carboxylic acids is 1. The van der Waals surface area contributed by atoms with Crippen LogP contribution in [-0.2, 0) is 9.59 Å². The van der Waals surface area contributed by atoms with Crippen LogP contribution < -0.4 is 0 Å². The first-order valence-electron chi connectivity index (χ1n) is 7.28. The molecule has 1 saturated heterocycles. The number of nitrogens with zero attached hydrogens (tertiary/aromatic N) is 1. The minimum absolute atomic E-state index is 0.0739. The summed E-state index contributed by atoms with van der Waals surface area (Å²) in [6.07, 6.45) is 3.12. The van der Waals surface area contributed by atoms with Gasteiger partial charge in [-0.2, -0.15) is 0 Å². The van der Waals surface area contributed by atoms with Gasteiger partial charge in [-0.3, -0.25) is 9.59 Å². The maximum absolute atomic E-state index is 12.4. The number of amides is 1. The normalized spacial score (nSPS) is 16.0. The second kappa shape index (κ2) is 7.02. The van der Waals surface area contributed by atoms with Crippen LogP contribution in [-0.4, -0.2) is 40.8 Å². The third-order valence-electron chi connectivity index (χ3n) is 3.88. The van der Waals surface area contributed by atoms with Crippen molar-refractivity contribution in [2.75, 3.05) is 13.1 Å². The molecule has 1 aliphatic rings. The van der Waals surface area contributed by atoms with E-state index < -0.39 is 5.97 Å². The number of benzene rings is 1. The Morgan fingerprint density at radius 1 is 1.09 bits per heavy atom. The van der Waals surface area contributed by atoms with E-state index in [4.69, 9.17) is 5.11 Å². The summed E-state index contributed by atoms with van der Waals surface area (Å²) in [6, 6.07) is 7.51. The lowest BCUT2D eigenvalue weighted by molar-refractivity contribution is -0.132. The number of aryl methyl sites for hydroxylation is 1. The van der Waals surface area contributed by atoms with Crippen LogP contribution in [0.15, 0.2) is 36.4 Å². The molecule has 0 aliphatic carbocycles. The number of rotatable bonds is 4. The molecule has 1 amide bonds. The minimum atomic E-state index is -1.14. The van der Waals surface area contributed by atoms with E-state index in [9.17, 15) is 14.4 Å². The lowest BCUT2D eigenvalue weighted by Gasteiger charge is -2.30. The highest BCUT2D eigenvalue weighted by Gasteiger charge is 2.27. The number of ketones is 1. The maximum atomic E-state index is 12.4. The quantitative estimate of drug-likeness (QED) is 0.682. The average molecular weight is 301 g/mol. The second-order valence-corrected chi connectivity index (χ2v) is 5.50. The third-order valence-corrected chi connectivity index (χ3v) is 3.88. The number of carboxylic acid groups (broad SMARTS) is 1. The third kappa shape index (κ3) is 4.04. The van der Waals surface area contributed by atoms with Crippen LogP contribution in [0, 0.1) is 12.8 Å². The fourth-order valence-electron chi connectivity index (χ4n) is 2.56. The van der Waals surface area contributed by atoms with Gasteiger partial charge in [0, 0.05) is 36.7 Å². The highest BCUT2D eigenvalue weighted by molar-refractivity contribution is 5.98. The molecule has 1 aromatic rings. The van der Waals surface area contributed by atoms with Crippen LogP contribution in [0.3, 0.4) is 0 Å². The van der Waals surface area contributed by atoms with E-state index in [-0.39, 0.29) is 17.6 Å². The Kier molecular flexibility index (Phi) is 5.09. The first-order chi connectivity index (χ1) is 10.5. The number of likely N-dealkylation sites (tertiary alicyclic amines) is 1. The van der Waals surface area contributed by atoms with E-state index in [1.807, 2.05) is 31.2 Å². The van der Waals surface area contributed by atoms with Crippen molar-refractivity contribution in [2.24, 2.45) is 5.92 Å². The van der Waals surface area contributed by atoms with Gasteiger partial charge in [0.05, 0.1) is 0 Å². The number of aliphatic carboxylic acids is 1. The lowest BCUT2D eigenvalue weighted by atomic mass is 9.88. The molecule has 0 spiro atoms. The summed E-state index contributed by atoms with van der Waals surface area (Å²) >= 11 is 0. The Morgan fingerprint density at radius 2 is 1.68 bits per heavy atom. The molecule has 0 radical (unpaired) electrons. The van der Waals surface area contributed by atoms with Crippen LogP contribution in [0.25, 0.3) is 0 Å². The van der Waals surface area contributed by atoms with Crippen molar-refractivity contribution in [3.05, 3.63) is 47.5 Å². The van der Waals surface area contributed by atoms with E-state index in [1.54, 1.807) is 4.90 Å². The Bertz CT molecular complexity index is 596. The van der Waals surface area contributed by atoms with Crippen LogP contribution in [0.4, 0.5) is 0 Å². The predicted molar refractivity (Wildman–Crippen MR) is 81.6 cm³/mol. The molecule has 0 aromatic heterocycles. The Hall–Kier alpha value is -2.43. The monoisotopic (exact) mass is 301 g/mol. The van der Waals surface area contributed by atoms with Gasteiger partial charge in [-0.05, 0) is 19.8 Å². The lowest BCUT2D eigenvalue weighted by Crippen LogP contribution is -2.39. The van der Waals surface area contributed by atoms with Gasteiger partial charge < -0.3 is 10.0 Å². The first kappa shape index (κ1) is 15.9. The minimum Gasteiger partial charge on any atom is -0.478 e. The molecule has 116 valence electrons. The summed E-state index contributed by atoms with van der Waals surface area (Å²) in [4.78, 5) is 36.2. The molecule has 1 fully saturated rings. The van der Waals surface area contributed by atoms with E-state index >= 15 is 0 Å². The van der Waals surface area contributed by atoms with Crippen LogP contribution in [0.2, 0.25) is 0 Å². The molecular formula is C17H19NO4. The summed E-state index contributed by atoms with van der Waals surface area (Å²) in [6.45, 7) is 2.93. The van der Waals surface area contributed by atoms with E-state index in [1.165, 1.54) is 0 Å². The van der Waals surface area contributed by atoms with Crippen LogP contribution in [0.5, 0.6) is 0 Å². The van der Waals surface area contributed by atoms with Crippen molar-refractivity contribution < 1.29 is 19.5 Å². The summed E-state index contributed by atoms with van der Waals surface area (Å²) in [5.41, 5.74) is 1.82. The van der Waals surface area contributed by atoms with Gasteiger partial charge in [0.2, 0.25) is 5.91 Å². The topological polar surface area (TPSA) is 74.7 Å². The highest BCUT2D eigenvalue weighted by atomic mass is 16.4. The summed E-state index contributed by atoms with van der Waals surface area (Å²) in [7, 11) is 0. The smallest absolute Gasteiger partial charge is 0.328 e. The fraction of sp³-hybridized carbons (Fsp3) is 0.353. The zero-order chi connectivity index (χ0) is 16.1. The van der Waals surface area contributed by atoms with E-state index in [0.717, 1.165) is 17.7 Å². The summed E-state index contributed by atoms with van der Waals surface area (Å²) < 4.78 is 0. The molecule has 0 atom stereocenters. The van der Waals surface area contributed by atoms with E-state index in [2.05, 4.69) is 0 Å². The maximum Gasteiger partial charge on any atom is 0.328 e. The molecule has 22 heavy (non-hydrogen) atoms. The number of Topliss-reactive ketones (excluding diaryl/α,β-unsaturated/α-hetero) is 1. The van der Waals surface area contributed by atoms with Crippen molar-refractivity contribution in [3.8, 4) is 0 Å². The standard InChI is InChI=1S/C17H19NO4/c1-12-2-4-13(5-3-12)17(22)14-8-10-18(11-9-14)15(19)6-7-16(20)21/h2-7,14H,8-11H2,1H3,(H,20,21)/b7-6+. The van der Waals surface area contributed by atoms with Gasteiger partial charge in [0.25, 0.3) is 0 Å². The largest absolute Gasteiger partial charge is 0.478 e. The summed E-state index contributed by atoms with van der Waals surface area (Å²) in [5.74, 6) is -1.41. The molecule has 1 aromatic carbocycles. The first-order valence-corrected chi connectivity index (χ1v) is 7.28. The molecule has 2 rings (SSSR count). The molecule has 0 bridgehead atoms. The van der Waals surface area contributed by atoms with Gasteiger partial charge >= 0.3 is 5.97 Å². The predicted octanol–water partition coefficient (Wildman–Crippen LogP) is 2.06. The van der Waals surface area contributed by atoms with Gasteiger partial charge in [-0.15, -0.1) is 0 Å². The van der Waals surface area contributed by atoms with Gasteiger partial charge in [-0.1, -0.05) is 29.8 Å². The fourth-order valence-corrected chi connectivity index (χ4v) is 2.56. The molecule has 1 aliphatic heterocycles. The molecule has 0 unspecified atom stereocenters. The second-order valence-electron chi connectivity index (χ2n) is 5.50. The van der Waals surface area contributed by atoms with Crippen LogP contribution >= 0.6 is 0 Å². The van der Waals surface area contributed by atoms with Gasteiger partial charge in [-0.25, -0.2) is 4.79 Å². The number of hydrogen-bond donors (Lipinski definition) is 1. The molecule has 5 heteroatoms. The number of carbonyl (C=O) groups excluding carboxylic acids is 2. The molecule has 5 nitrogen and oxygen atoms in total. The van der Waals surface area contributed by atoms with Crippen molar-refractivity contribution in [2.45, 2.75) is 19.8 Å². The Morgan fingerprint density at radius 3 is 2.23 bits per heavy atom. The van der Waals surface area contributed by atoms with E-state index in [0.29, 0.717) is 31.5 Å². The zero-order valence-corrected chi connectivity index (χ0v) is 12.5. The molecule has 1 heterocycles. The van der Waals surface area contributed by atoms with Gasteiger partial charge in [0.1, 0.15) is 0 Å². The van der Waals surface area contributed by atoms with Gasteiger partial charge in [0.15, 0.2) is 5.78 Å². The average Bonchev–Trinajstić information content (AvgIpc) is 2.53. The molecular weight excluding hydrogens is 282 g/mol. The Labute approximate surface area is 129 Å². The number of hydrogen-bond acceptors (Lipinski definition) is 3. The summed E-state index contributed by atoms with van der Waals surface area (Å²) in [5, 5.41) is 8.52. The van der Waals surface area contributed by atoms with Crippen LogP contribution in [0.1, 0.15) is 28.8 Å². The zero-order valence-electron chi connectivity index (χ0n) is 12.5. The SMILES string of the molecule is Cc1ccc(C(=O)C2CCN(C(=O)/C=C/C(=O)O)CC2)cc1. The molecule has 0 saturated carbocycles. The molecule has 1 N–H and O–H groups in total. The number of carbonyl (C=O) groups is 3.